The molecule has 29 heavy (non-hydrogen) atoms. The number of carbonyl (C=O) groups is 2. The van der Waals surface area contributed by atoms with E-state index in [1.54, 1.807) is 21.9 Å². The normalized spacial score (nSPS) is 19.2. The molecule has 2 aromatic rings. The Morgan fingerprint density at radius 2 is 1.97 bits per heavy atom. The van der Waals surface area contributed by atoms with Crippen LogP contribution in [0, 0.1) is 12.7 Å². The van der Waals surface area contributed by atoms with Crippen molar-refractivity contribution in [1.82, 2.24) is 14.8 Å². The first-order valence-corrected chi connectivity index (χ1v) is 9.70. The third-order valence-corrected chi connectivity index (χ3v) is 5.21. The summed E-state index contributed by atoms with van der Waals surface area (Å²) in [6.07, 6.45) is 0.634. The number of aromatic nitrogens is 1. The van der Waals surface area contributed by atoms with E-state index < -0.39 is 0 Å². The Morgan fingerprint density at radius 3 is 2.72 bits per heavy atom. The molecule has 2 saturated heterocycles. The Labute approximate surface area is 168 Å². The summed E-state index contributed by atoms with van der Waals surface area (Å²) < 4.78 is 19.0. The molecule has 2 fully saturated rings. The van der Waals surface area contributed by atoms with Gasteiger partial charge >= 0.3 is 6.03 Å². The number of carbonyl (C=O) groups excluding carboxylic acids is 2. The van der Waals surface area contributed by atoms with Crippen LogP contribution in [0.1, 0.15) is 12.1 Å². The number of ether oxygens (including phenoxy) is 1. The number of anilines is 1. The first-order valence-electron chi connectivity index (χ1n) is 9.70. The molecule has 4 rings (SSSR count). The lowest BCUT2D eigenvalue weighted by atomic mass is 10.3. The maximum atomic E-state index is 13.1. The third kappa shape index (κ3) is 4.31. The van der Waals surface area contributed by atoms with Crippen molar-refractivity contribution in [2.75, 3.05) is 37.6 Å². The highest BCUT2D eigenvalue weighted by Crippen LogP contribution is 2.22. The number of hydrogen-bond acceptors (Lipinski definition) is 4. The smallest absolute Gasteiger partial charge is 0.325 e. The van der Waals surface area contributed by atoms with Crippen molar-refractivity contribution in [3.63, 3.8) is 0 Å². The molecule has 1 aromatic heterocycles. The summed E-state index contributed by atoms with van der Waals surface area (Å²) in [6, 6.07) is 11.2. The summed E-state index contributed by atoms with van der Waals surface area (Å²) in [7, 11) is 0. The molecule has 1 atom stereocenters. The molecule has 0 bridgehead atoms. The van der Waals surface area contributed by atoms with Gasteiger partial charge in [0.15, 0.2) is 0 Å². The van der Waals surface area contributed by atoms with Crippen LogP contribution < -0.4 is 9.64 Å². The fourth-order valence-electron chi connectivity index (χ4n) is 3.66. The van der Waals surface area contributed by atoms with Crippen molar-refractivity contribution >= 4 is 17.6 Å². The average Bonchev–Trinajstić information content (AvgIpc) is 3.30. The number of aryl methyl sites for hydroxylation is 1. The minimum atomic E-state index is -0.348. The number of benzene rings is 1. The maximum absolute atomic E-state index is 13.1. The van der Waals surface area contributed by atoms with Crippen LogP contribution in [0.5, 0.6) is 5.88 Å². The van der Waals surface area contributed by atoms with Crippen molar-refractivity contribution in [1.29, 1.82) is 0 Å². The summed E-state index contributed by atoms with van der Waals surface area (Å²) in [5.74, 6) is 0.121. The fourth-order valence-corrected chi connectivity index (χ4v) is 3.66. The molecular weight excluding hydrogens is 375 g/mol. The van der Waals surface area contributed by atoms with Crippen LogP contribution in [-0.4, -0.2) is 65.5 Å². The molecule has 0 N–H and O–H groups in total. The average molecular weight is 398 g/mol. The summed E-state index contributed by atoms with van der Waals surface area (Å²) in [5, 5.41) is 0. The Hall–Kier alpha value is -3.16. The summed E-state index contributed by atoms with van der Waals surface area (Å²) in [5.41, 5.74) is 1.51. The molecule has 1 unspecified atom stereocenters. The van der Waals surface area contributed by atoms with E-state index in [4.69, 9.17) is 4.74 Å². The standard InChI is InChI=1S/C21H23FN4O3/c1-15-3-2-4-19(23-15)29-18-9-10-24(13-18)20(27)14-25-11-12-26(21(25)28)17-7-5-16(22)6-8-17/h2-8,18H,9-14H2,1H3. The minimum Gasteiger partial charge on any atom is -0.472 e. The monoisotopic (exact) mass is 398 g/mol. The molecule has 1 aromatic carbocycles. The predicted octanol–water partition coefficient (Wildman–Crippen LogP) is 2.45. The zero-order chi connectivity index (χ0) is 20.4. The lowest BCUT2D eigenvalue weighted by Gasteiger charge is -2.22. The minimum absolute atomic E-state index is 0.0337. The summed E-state index contributed by atoms with van der Waals surface area (Å²) in [4.78, 5) is 34.5. The molecule has 0 saturated carbocycles. The van der Waals surface area contributed by atoms with Crippen molar-refractivity contribution in [3.05, 3.63) is 54.0 Å². The molecule has 3 amide bonds. The summed E-state index contributed by atoms with van der Waals surface area (Å²) >= 11 is 0. The maximum Gasteiger partial charge on any atom is 0.325 e. The predicted molar refractivity (Wildman–Crippen MR) is 105 cm³/mol. The Balaban J connectivity index is 1.30. The number of pyridine rings is 1. The quantitative estimate of drug-likeness (QED) is 0.776. The third-order valence-electron chi connectivity index (χ3n) is 5.21. The Morgan fingerprint density at radius 1 is 1.17 bits per heavy atom. The van der Waals surface area contributed by atoms with Crippen molar-refractivity contribution in [3.8, 4) is 5.88 Å². The molecule has 0 radical (unpaired) electrons. The molecule has 0 aliphatic carbocycles. The second kappa shape index (κ2) is 8.06. The van der Waals surface area contributed by atoms with Crippen LogP contribution >= 0.6 is 0 Å². The van der Waals surface area contributed by atoms with Gasteiger partial charge in [-0.25, -0.2) is 14.2 Å². The van der Waals surface area contributed by atoms with Gasteiger partial charge in [0.05, 0.1) is 6.54 Å². The van der Waals surface area contributed by atoms with Crippen LogP contribution in [0.4, 0.5) is 14.9 Å². The first kappa shape index (κ1) is 19.2. The number of hydrogen-bond donors (Lipinski definition) is 0. The van der Waals surface area contributed by atoms with Crippen molar-refractivity contribution in [2.45, 2.75) is 19.4 Å². The zero-order valence-corrected chi connectivity index (χ0v) is 16.3. The van der Waals surface area contributed by atoms with E-state index in [-0.39, 0.29) is 30.4 Å². The van der Waals surface area contributed by atoms with Gasteiger partial charge in [0.2, 0.25) is 11.8 Å². The topological polar surface area (TPSA) is 66.0 Å². The van der Waals surface area contributed by atoms with E-state index >= 15 is 0 Å². The lowest BCUT2D eigenvalue weighted by molar-refractivity contribution is -0.130. The van der Waals surface area contributed by atoms with E-state index in [2.05, 4.69) is 4.98 Å². The van der Waals surface area contributed by atoms with Gasteiger partial charge in [-0.2, -0.15) is 0 Å². The second-order valence-corrected chi connectivity index (χ2v) is 7.32. The number of amides is 3. The number of urea groups is 1. The molecule has 0 spiro atoms. The van der Waals surface area contributed by atoms with Crippen LogP contribution in [0.2, 0.25) is 0 Å². The van der Waals surface area contributed by atoms with E-state index in [1.807, 2.05) is 25.1 Å². The summed E-state index contributed by atoms with van der Waals surface area (Å²) in [6.45, 7) is 3.95. The van der Waals surface area contributed by atoms with Gasteiger partial charge in [-0.1, -0.05) is 6.07 Å². The largest absolute Gasteiger partial charge is 0.472 e. The van der Waals surface area contributed by atoms with Gasteiger partial charge < -0.3 is 14.5 Å². The number of halogens is 1. The molecule has 8 heteroatoms. The van der Waals surface area contributed by atoms with Crippen LogP contribution in [0.25, 0.3) is 0 Å². The number of likely N-dealkylation sites (tertiary alicyclic amines) is 1. The van der Waals surface area contributed by atoms with Crippen LogP contribution in [0.3, 0.4) is 0 Å². The molecule has 152 valence electrons. The zero-order valence-electron chi connectivity index (χ0n) is 16.3. The molecular formula is C21H23FN4O3. The lowest BCUT2D eigenvalue weighted by Crippen LogP contribution is -2.42. The van der Waals surface area contributed by atoms with E-state index in [0.717, 1.165) is 12.1 Å². The number of rotatable bonds is 5. The van der Waals surface area contributed by atoms with Gasteiger partial charge in [-0.05, 0) is 37.3 Å². The van der Waals surface area contributed by atoms with E-state index in [0.29, 0.717) is 37.7 Å². The second-order valence-electron chi connectivity index (χ2n) is 7.32. The van der Waals surface area contributed by atoms with E-state index in [9.17, 15) is 14.0 Å². The van der Waals surface area contributed by atoms with Gasteiger partial charge in [0, 0.05) is 43.5 Å². The van der Waals surface area contributed by atoms with E-state index in [1.165, 1.54) is 17.0 Å². The SMILES string of the molecule is Cc1cccc(OC2CCN(C(=O)CN3CCN(c4ccc(F)cc4)C3=O)C2)n1. The highest BCUT2D eigenvalue weighted by atomic mass is 19.1. The number of nitrogens with zero attached hydrogens (tertiary/aromatic N) is 4. The molecule has 2 aliphatic rings. The Bertz CT molecular complexity index is 905. The van der Waals surface area contributed by atoms with Gasteiger partial charge in [0.25, 0.3) is 0 Å². The van der Waals surface area contributed by atoms with Crippen molar-refractivity contribution < 1.29 is 18.7 Å². The van der Waals surface area contributed by atoms with Gasteiger partial charge in [0.1, 0.15) is 18.5 Å². The Kier molecular flexibility index (Phi) is 5.33. The van der Waals surface area contributed by atoms with Gasteiger partial charge in [-0.15, -0.1) is 0 Å². The highest BCUT2D eigenvalue weighted by molar-refractivity contribution is 5.96. The molecule has 3 heterocycles. The van der Waals surface area contributed by atoms with Crippen molar-refractivity contribution in [2.24, 2.45) is 0 Å². The van der Waals surface area contributed by atoms with Crippen LogP contribution in [0.15, 0.2) is 42.5 Å². The van der Waals surface area contributed by atoms with Crippen LogP contribution in [-0.2, 0) is 4.79 Å². The van der Waals surface area contributed by atoms with Gasteiger partial charge in [-0.3, -0.25) is 9.69 Å². The highest BCUT2D eigenvalue weighted by Gasteiger charge is 2.34. The first-order chi connectivity index (χ1) is 14.0. The molecule has 7 nitrogen and oxygen atoms in total. The fraction of sp³-hybridized carbons (Fsp3) is 0.381. The molecule has 2 aliphatic heterocycles.